The zero-order valence-electron chi connectivity index (χ0n) is 18.3. The largest absolute Gasteiger partial charge is 0.416 e. The number of hydrogen-bond acceptors (Lipinski definition) is 5. The number of carbonyl (C=O) groups is 2. The first kappa shape index (κ1) is 24.9. The molecule has 2 aromatic heterocycles. The highest BCUT2D eigenvalue weighted by Crippen LogP contribution is 2.32. The third kappa shape index (κ3) is 6.00. The van der Waals surface area contributed by atoms with Crippen molar-refractivity contribution in [2.75, 3.05) is 13.1 Å². The number of aromatic nitrogens is 3. The van der Waals surface area contributed by atoms with Crippen LogP contribution in [-0.2, 0) is 11.0 Å². The van der Waals surface area contributed by atoms with E-state index in [-0.39, 0.29) is 31.5 Å². The van der Waals surface area contributed by atoms with Crippen molar-refractivity contribution in [1.82, 2.24) is 19.9 Å². The van der Waals surface area contributed by atoms with Crippen molar-refractivity contribution < 1.29 is 27.2 Å². The molecule has 0 bridgehead atoms. The molecule has 6 nitrogen and oxygen atoms in total. The minimum Gasteiger partial charge on any atom is -0.345 e. The van der Waals surface area contributed by atoms with E-state index in [1.807, 2.05) is 25.1 Å². The van der Waals surface area contributed by atoms with Crippen molar-refractivity contribution in [3.05, 3.63) is 77.9 Å². The number of ketones is 1. The maximum Gasteiger partial charge on any atom is 0.416 e. The van der Waals surface area contributed by atoms with Gasteiger partial charge in [-0.2, -0.15) is 13.2 Å². The smallest absolute Gasteiger partial charge is 0.345 e. The quantitative estimate of drug-likeness (QED) is 0.311. The Morgan fingerprint density at radius 1 is 1.03 bits per heavy atom. The van der Waals surface area contributed by atoms with Gasteiger partial charge < -0.3 is 4.90 Å². The molecule has 1 fully saturated rings. The van der Waals surface area contributed by atoms with Gasteiger partial charge in [0.25, 0.3) is 0 Å². The molecule has 1 amide bonds. The molecule has 178 valence electrons. The average Bonchev–Trinajstić information content (AvgIpc) is 2.85. The van der Waals surface area contributed by atoms with Crippen LogP contribution >= 0.6 is 0 Å². The minimum absolute atomic E-state index is 0.0925. The second-order valence-electron chi connectivity index (χ2n) is 7.77. The SMILES string of the molecule is Cc1cccnc1-c1ccncn1.O=CN1CCC(F)(C(=O)c2ccc(C(F)(F)F)cc2)CC1. The summed E-state index contributed by atoms with van der Waals surface area (Å²) in [6.45, 7) is 2.25. The maximum absolute atomic E-state index is 14.6. The molecule has 0 saturated carbocycles. The van der Waals surface area contributed by atoms with E-state index in [1.54, 1.807) is 12.4 Å². The zero-order chi connectivity index (χ0) is 24.8. The van der Waals surface area contributed by atoms with Crippen LogP contribution in [0.3, 0.4) is 0 Å². The van der Waals surface area contributed by atoms with Gasteiger partial charge in [-0.3, -0.25) is 14.6 Å². The number of hydrogen-bond donors (Lipinski definition) is 0. The summed E-state index contributed by atoms with van der Waals surface area (Å²) in [5.41, 5.74) is -0.189. The van der Waals surface area contributed by atoms with E-state index in [1.165, 1.54) is 11.2 Å². The Balaban J connectivity index is 0.000000212. The molecule has 1 aliphatic heterocycles. The van der Waals surface area contributed by atoms with Gasteiger partial charge >= 0.3 is 6.18 Å². The van der Waals surface area contributed by atoms with Crippen LogP contribution in [0.1, 0.15) is 34.3 Å². The molecule has 0 spiro atoms. The van der Waals surface area contributed by atoms with Crippen LogP contribution in [0.15, 0.2) is 61.2 Å². The average molecular weight is 474 g/mol. The molecule has 3 heterocycles. The second kappa shape index (κ2) is 10.5. The molecule has 0 atom stereocenters. The molecule has 0 radical (unpaired) electrons. The fraction of sp³-hybridized carbons (Fsp3) is 0.292. The second-order valence-corrected chi connectivity index (χ2v) is 7.77. The summed E-state index contributed by atoms with van der Waals surface area (Å²) < 4.78 is 51.9. The Morgan fingerprint density at radius 2 is 1.71 bits per heavy atom. The lowest BCUT2D eigenvalue weighted by Gasteiger charge is -2.33. The first-order valence-electron chi connectivity index (χ1n) is 10.4. The molecule has 1 saturated heterocycles. The standard InChI is InChI=1S/C14H13F4NO2.C10H9N3/c15-13(5-7-19(9-20)8-6-13)12(21)10-1-3-11(4-2-10)14(16,17)18;1-8-3-2-5-12-10(8)9-4-6-11-7-13-9/h1-4,9H,5-8H2;2-7H,1H3. The van der Waals surface area contributed by atoms with Crippen molar-refractivity contribution >= 4 is 12.2 Å². The van der Waals surface area contributed by atoms with E-state index in [4.69, 9.17) is 0 Å². The zero-order valence-corrected chi connectivity index (χ0v) is 18.3. The van der Waals surface area contributed by atoms with Gasteiger partial charge in [-0.15, -0.1) is 0 Å². The van der Waals surface area contributed by atoms with Crippen LogP contribution in [0.25, 0.3) is 11.4 Å². The molecule has 10 heteroatoms. The van der Waals surface area contributed by atoms with Gasteiger partial charge in [0.05, 0.1) is 17.0 Å². The molecule has 3 aromatic rings. The van der Waals surface area contributed by atoms with E-state index >= 15 is 0 Å². The topological polar surface area (TPSA) is 76.1 Å². The lowest BCUT2D eigenvalue weighted by Crippen LogP contribution is -2.46. The van der Waals surface area contributed by atoms with Crippen molar-refractivity contribution in [2.24, 2.45) is 0 Å². The van der Waals surface area contributed by atoms with Crippen LogP contribution in [0.4, 0.5) is 17.6 Å². The Labute approximate surface area is 193 Å². The fourth-order valence-corrected chi connectivity index (χ4v) is 3.46. The van der Waals surface area contributed by atoms with Crippen LogP contribution < -0.4 is 0 Å². The number of amides is 1. The normalized spacial score (nSPS) is 15.1. The van der Waals surface area contributed by atoms with Crippen LogP contribution in [0, 0.1) is 6.92 Å². The predicted octanol–water partition coefficient (Wildman–Crippen LogP) is 4.70. The van der Waals surface area contributed by atoms with Crippen LogP contribution in [0.5, 0.6) is 0 Å². The number of carbonyl (C=O) groups excluding carboxylic acids is 2. The van der Waals surface area contributed by atoms with Crippen molar-refractivity contribution in [2.45, 2.75) is 31.6 Å². The molecule has 0 aliphatic carbocycles. The van der Waals surface area contributed by atoms with E-state index in [9.17, 15) is 27.2 Å². The lowest BCUT2D eigenvalue weighted by atomic mass is 9.85. The lowest BCUT2D eigenvalue weighted by molar-refractivity contribution is -0.137. The monoisotopic (exact) mass is 474 g/mol. The third-order valence-electron chi connectivity index (χ3n) is 5.46. The highest BCUT2D eigenvalue weighted by atomic mass is 19.4. The number of nitrogens with zero attached hydrogens (tertiary/aromatic N) is 4. The summed E-state index contributed by atoms with van der Waals surface area (Å²) in [5.74, 6) is -0.832. The van der Waals surface area contributed by atoms with Crippen LogP contribution in [0.2, 0.25) is 0 Å². The van der Waals surface area contributed by atoms with Crippen molar-refractivity contribution in [3.8, 4) is 11.4 Å². The number of likely N-dealkylation sites (tertiary alicyclic amines) is 1. The molecule has 34 heavy (non-hydrogen) atoms. The minimum atomic E-state index is -4.50. The van der Waals surface area contributed by atoms with Crippen molar-refractivity contribution in [1.29, 1.82) is 0 Å². The number of alkyl halides is 4. The number of piperidine rings is 1. The highest BCUT2D eigenvalue weighted by Gasteiger charge is 2.42. The summed E-state index contributed by atoms with van der Waals surface area (Å²) in [4.78, 5) is 36.3. The Kier molecular flexibility index (Phi) is 7.70. The van der Waals surface area contributed by atoms with E-state index in [0.717, 1.165) is 41.2 Å². The highest BCUT2D eigenvalue weighted by molar-refractivity contribution is 6.02. The summed E-state index contributed by atoms with van der Waals surface area (Å²) in [6, 6.07) is 9.28. The first-order valence-corrected chi connectivity index (χ1v) is 10.4. The molecule has 1 aliphatic rings. The van der Waals surface area contributed by atoms with E-state index < -0.39 is 23.2 Å². The van der Waals surface area contributed by atoms with Gasteiger partial charge in [-0.1, -0.05) is 18.2 Å². The first-order chi connectivity index (χ1) is 16.1. The molecule has 4 rings (SSSR count). The summed E-state index contributed by atoms with van der Waals surface area (Å²) in [7, 11) is 0. The van der Waals surface area contributed by atoms with Crippen LogP contribution in [-0.4, -0.2) is 50.8 Å². The van der Waals surface area contributed by atoms with E-state index in [0.29, 0.717) is 6.41 Å². The van der Waals surface area contributed by atoms with Gasteiger partial charge in [0.2, 0.25) is 6.41 Å². The van der Waals surface area contributed by atoms with Gasteiger partial charge in [0, 0.05) is 43.9 Å². The van der Waals surface area contributed by atoms with Gasteiger partial charge in [0.1, 0.15) is 6.33 Å². The Bertz CT molecular complexity index is 1110. The summed E-state index contributed by atoms with van der Waals surface area (Å²) >= 11 is 0. The van der Waals surface area contributed by atoms with E-state index in [2.05, 4.69) is 15.0 Å². The molecular weight excluding hydrogens is 452 g/mol. The Morgan fingerprint density at radius 3 is 2.24 bits per heavy atom. The molecule has 1 aromatic carbocycles. The number of aryl methyl sites for hydroxylation is 1. The molecule has 0 N–H and O–H groups in total. The number of pyridine rings is 1. The summed E-state index contributed by atoms with van der Waals surface area (Å²) in [6.07, 6.45) is 0.813. The summed E-state index contributed by atoms with van der Waals surface area (Å²) in [5, 5.41) is 0. The third-order valence-corrected chi connectivity index (χ3v) is 5.46. The number of benzene rings is 1. The van der Waals surface area contributed by atoms with Gasteiger partial charge in [-0.05, 0) is 36.8 Å². The predicted molar refractivity (Wildman–Crippen MR) is 116 cm³/mol. The van der Waals surface area contributed by atoms with Gasteiger partial charge in [-0.25, -0.2) is 14.4 Å². The number of rotatable bonds is 4. The molecular formula is C24H22F4N4O2. The van der Waals surface area contributed by atoms with Crippen molar-refractivity contribution in [3.63, 3.8) is 0 Å². The maximum atomic E-state index is 14.6. The fourth-order valence-electron chi connectivity index (χ4n) is 3.46. The Hall–Kier alpha value is -3.69. The number of halogens is 4. The molecule has 0 unspecified atom stereocenters. The van der Waals surface area contributed by atoms with Gasteiger partial charge in [0.15, 0.2) is 11.5 Å². The number of Topliss-reactive ketones (excluding diaryl/α,β-unsaturated/α-hetero) is 1.